The average Bonchev–Trinajstić information content (AvgIpc) is 2.94. The van der Waals surface area contributed by atoms with Gasteiger partial charge in [-0.3, -0.25) is 0 Å². The molecule has 2 N–H and O–H groups in total. The van der Waals surface area contributed by atoms with Gasteiger partial charge in [0.1, 0.15) is 5.82 Å². The molecule has 0 aliphatic heterocycles. The Labute approximate surface area is 137 Å². The smallest absolute Gasteiger partial charge is 0.170 e. The van der Waals surface area contributed by atoms with Crippen LogP contribution in [0.4, 0.5) is 0 Å². The second kappa shape index (κ2) is 9.80. The molecule has 21 heavy (non-hydrogen) atoms. The van der Waals surface area contributed by atoms with Crippen LogP contribution in [0.15, 0.2) is 4.34 Å². The number of rotatable bonds is 3. The molecular weight excluding hydrogens is 298 g/mol. The van der Waals surface area contributed by atoms with Crippen molar-refractivity contribution in [2.45, 2.75) is 93.2 Å². The highest BCUT2D eigenvalue weighted by molar-refractivity contribution is 8.01. The number of aryl methyl sites for hydroxylation is 1. The fraction of sp³-hybridized carbons (Fsp3) is 0.875. The van der Waals surface area contributed by atoms with Crippen LogP contribution in [0.5, 0.6) is 0 Å². The van der Waals surface area contributed by atoms with Gasteiger partial charge < -0.3 is 5.73 Å². The van der Waals surface area contributed by atoms with Crippen molar-refractivity contribution in [3.63, 3.8) is 0 Å². The van der Waals surface area contributed by atoms with Gasteiger partial charge in [-0.25, -0.2) is 4.98 Å². The molecule has 0 saturated heterocycles. The first kappa shape index (κ1) is 17.2. The molecule has 2 unspecified atom stereocenters. The van der Waals surface area contributed by atoms with Gasteiger partial charge in [0.2, 0.25) is 0 Å². The molecule has 3 nitrogen and oxygen atoms in total. The van der Waals surface area contributed by atoms with Gasteiger partial charge in [-0.1, -0.05) is 70.1 Å². The largest absolute Gasteiger partial charge is 0.327 e. The van der Waals surface area contributed by atoms with Crippen molar-refractivity contribution in [3.8, 4) is 0 Å². The van der Waals surface area contributed by atoms with E-state index in [0.29, 0.717) is 11.3 Å². The number of hydrogen-bond acceptors (Lipinski definition) is 5. The van der Waals surface area contributed by atoms with Gasteiger partial charge in [-0.2, -0.15) is 4.37 Å². The zero-order chi connectivity index (χ0) is 14.9. The Morgan fingerprint density at radius 3 is 2.29 bits per heavy atom. The van der Waals surface area contributed by atoms with Crippen LogP contribution in [0, 0.1) is 0 Å². The van der Waals surface area contributed by atoms with E-state index in [1.165, 1.54) is 57.8 Å². The van der Waals surface area contributed by atoms with Gasteiger partial charge in [-0.05, 0) is 24.4 Å². The van der Waals surface area contributed by atoms with E-state index in [0.717, 1.165) is 23.0 Å². The fourth-order valence-electron chi connectivity index (χ4n) is 2.89. The maximum absolute atomic E-state index is 6.48. The summed E-state index contributed by atoms with van der Waals surface area (Å²) < 4.78 is 5.51. The summed E-state index contributed by atoms with van der Waals surface area (Å²) in [5.74, 6) is 0.976. The zero-order valence-corrected chi connectivity index (χ0v) is 14.9. The molecule has 1 aromatic rings. The number of nitrogens with zero attached hydrogens (tertiary/aromatic N) is 2. The third-order valence-electron chi connectivity index (χ3n) is 4.27. The van der Waals surface area contributed by atoms with E-state index in [1.807, 2.05) is 11.8 Å². The standard InChI is InChI=1S/C16H29N3S2/c1-2-15-18-16(21-19-15)20-14-12-10-8-6-4-3-5-7-9-11-13(14)17/h13-14H,2-12,17H2,1H3. The predicted molar refractivity (Wildman–Crippen MR) is 93.1 cm³/mol. The summed E-state index contributed by atoms with van der Waals surface area (Å²) in [6.07, 6.45) is 14.2. The van der Waals surface area contributed by atoms with Gasteiger partial charge in [-0.15, -0.1) is 0 Å². The summed E-state index contributed by atoms with van der Waals surface area (Å²) in [6, 6.07) is 0.309. The lowest BCUT2D eigenvalue weighted by molar-refractivity contribution is 0.473. The van der Waals surface area contributed by atoms with Gasteiger partial charge in [0.15, 0.2) is 4.34 Å². The van der Waals surface area contributed by atoms with Crippen LogP contribution < -0.4 is 5.73 Å². The highest BCUT2D eigenvalue weighted by Gasteiger charge is 2.21. The minimum Gasteiger partial charge on any atom is -0.327 e. The van der Waals surface area contributed by atoms with Gasteiger partial charge in [0, 0.05) is 17.7 Å². The Morgan fingerprint density at radius 2 is 1.67 bits per heavy atom. The monoisotopic (exact) mass is 327 g/mol. The molecule has 1 fully saturated rings. The lowest BCUT2D eigenvalue weighted by Crippen LogP contribution is -2.32. The van der Waals surface area contributed by atoms with Gasteiger partial charge >= 0.3 is 0 Å². The second-order valence-electron chi connectivity index (χ2n) is 6.06. The molecule has 5 heteroatoms. The molecule has 1 saturated carbocycles. The molecule has 0 amide bonds. The van der Waals surface area contributed by atoms with Gasteiger partial charge in [0.05, 0.1) is 0 Å². The summed E-state index contributed by atoms with van der Waals surface area (Å²) in [5, 5.41) is 0.516. The molecule has 0 spiro atoms. The number of thioether (sulfide) groups is 1. The van der Waals surface area contributed by atoms with Gasteiger partial charge in [0.25, 0.3) is 0 Å². The quantitative estimate of drug-likeness (QED) is 0.866. The molecule has 0 aromatic carbocycles. The van der Waals surface area contributed by atoms with Crippen LogP contribution in [0.2, 0.25) is 0 Å². The molecule has 1 heterocycles. The van der Waals surface area contributed by atoms with Crippen LogP contribution in [0.3, 0.4) is 0 Å². The van der Waals surface area contributed by atoms with E-state index < -0.39 is 0 Å². The molecule has 0 radical (unpaired) electrons. The van der Waals surface area contributed by atoms with Crippen molar-refractivity contribution in [1.29, 1.82) is 0 Å². The summed E-state index contributed by atoms with van der Waals surface area (Å²) in [5.41, 5.74) is 6.48. The highest BCUT2D eigenvalue weighted by Crippen LogP contribution is 2.32. The lowest BCUT2D eigenvalue weighted by atomic mass is 9.98. The van der Waals surface area contributed by atoms with Crippen molar-refractivity contribution in [2.24, 2.45) is 5.73 Å². The second-order valence-corrected chi connectivity index (χ2v) is 8.29. The topological polar surface area (TPSA) is 51.8 Å². The highest BCUT2D eigenvalue weighted by atomic mass is 32.2. The van der Waals surface area contributed by atoms with Crippen molar-refractivity contribution in [3.05, 3.63) is 5.82 Å². The normalized spacial score (nSPS) is 26.0. The van der Waals surface area contributed by atoms with Crippen molar-refractivity contribution >= 4 is 23.3 Å². The minimum absolute atomic E-state index is 0.309. The van der Waals surface area contributed by atoms with E-state index in [4.69, 9.17) is 5.73 Å². The Balaban J connectivity index is 1.90. The summed E-state index contributed by atoms with van der Waals surface area (Å²) in [7, 11) is 0. The van der Waals surface area contributed by atoms with Crippen LogP contribution >= 0.6 is 23.3 Å². The zero-order valence-electron chi connectivity index (χ0n) is 13.2. The third kappa shape index (κ3) is 6.25. The molecule has 2 atom stereocenters. The molecular formula is C16H29N3S2. The summed E-state index contributed by atoms with van der Waals surface area (Å²) in [4.78, 5) is 4.60. The summed E-state index contributed by atoms with van der Waals surface area (Å²) >= 11 is 3.42. The Bertz CT molecular complexity index is 395. The van der Waals surface area contributed by atoms with E-state index in [2.05, 4.69) is 16.3 Å². The van der Waals surface area contributed by atoms with Crippen LogP contribution in [-0.2, 0) is 6.42 Å². The van der Waals surface area contributed by atoms with E-state index in [-0.39, 0.29) is 0 Å². The fourth-order valence-corrected chi connectivity index (χ4v) is 5.06. The number of aromatic nitrogens is 2. The molecule has 2 rings (SSSR count). The lowest BCUT2D eigenvalue weighted by Gasteiger charge is -2.23. The Morgan fingerprint density at radius 1 is 1.05 bits per heavy atom. The van der Waals surface area contributed by atoms with Crippen LogP contribution in [0.1, 0.15) is 77.0 Å². The summed E-state index contributed by atoms with van der Waals surface area (Å²) in [6.45, 7) is 2.11. The molecule has 1 aliphatic rings. The first-order valence-corrected chi connectivity index (χ1v) is 10.2. The van der Waals surface area contributed by atoms with E-state index in [1.54, 1.807) is 11.5 Å². The van der Waals surface area contributed by atoms with Crippen LogP contribution in [-0.4, -0.2) is 20.6 Å². The molecule has 1 aromatic heterocycles. The van der Waals surface area contributed by atoms with E-state index >= 15 is 0 Å². The predicted octanol–water partition coefficient (Wildman–Crippen LogP) is 4.80. The Hall–Kier alpha value is -0.130. The Kier molecular flexibility index (Phi) is 8.04. The third-order valence-corrected chi connectivity index (χ3v) is 6.51. The maximum Gasteiger partial charge on any atom is 0.170 e. The first-order chi connectivity index (χ1) is 10.3. The maximum atomic E-state index is 6.48. The minimum atomic E-state index is 0.309. The molecule has 120 valence electrons. The molecule has 0 bridgehead atoms. The van der Waals surface area contributed by atoms with Crippen LogP contribution in [0.25, 0.3) is 0 Å². The number of hydrogen-bond donors (Lipinski definition) is 1. The molecule has 1 aliphatic carbocycles. The van der Waals surface area contributed by atoms with Crippen molar-refractivity contribution in [2.75, 3.05) is 0 Å². The number of nitrogens with two attached hydrogens (primary N) is 1. The van der Waals surface area contributed by atoms with Crippen molar-refractivity contribution < 1.29 is 0 Å². The SMILES string of the molecule is CCc1nsc(SC2CCCCCCCCCCC2N)n1. The van der Waals surface area contributed by atoms with Crippen molar-refractivity contribution in [1.82, 2.24) is 9.36 Å². The average molecular weight is 328 g/mol. The van der Waals surface area contributed by atoms with E-state index in [9.17, 15) is 0 Å². The first-order valence-electron chi connectivity index (χ1n) is 8.54.